The Morgan fingerprint density at radius 2 is 1.90 bits per heavy atom. The number of anilines is 1. The summed E-state index contributed by atoms with van der Waals surface area (Å²) in [4.78, 5) is 16.0. The summed E-state index contributed by atoms with van der Waals surface area (Å²) < 4.78 is 0. The molecule has 104 valence electrons. The van der Waals surface area contributed by atoms with Crippen LogP contribution in [0.15, 0.2) is 41.6 Å². The van der Waals surface area contributed by atoms with Gasteiger partial charge in [-0.1, -0.05) is 52.6 Å². The van der Waals surface area contributed by atoms with Crippen LogP contribution in [-0.4, -0.2) is 16.6 Å². The first kappa shape index (κ1) is 15.4. The number of nitrogens with one attached hydrogen (secondary N) is 1. The molecule has 2 rings (SSSR count). The minimum atomic E-state index is -0.194. The second-order valence-electron chi connectivity index (χ2n) is 3.75. The quantitative estimate of drug-likeness (QED) is 0.639. The lowest BCUT2D eigenvalue weighted by Gasteiger charge is -2.08. The predicted molar refractivity (Wildman–Crippen MR) is 85.1 cm³/mol. The van der Waals surface area contributed by atoms with Crippen molar-refractivity contribution < 1.29 is 4.79 Å². The number of hydrogen-bond acceptors (Lipinski definition) is 3. The van der Waals surface area contributed by atoms with Crippen molar-refractivity contribution in [3.8, 4) is 0 Å². The SMILES string of the molecule is O=C(CSc1ccccn1)Nc1cc(Cl)c(Cl)cc1Cl. The Bertz CT molecular complexity index is 623. The molecular weight excluding hydrogens is 339 g/mol. The molecular formula is C13H9Cl3N2OS. The fourth-order valence-corrected chi connectivity index (χ4v) is 2.63. The number of rotatable bonds is 4. The van der Waals surface area contributed by atoms with Gasteiger partial charge in [0.2, 0.25) is 5.91 Å². The molecule has 0 saturated carbocycles. The molecule has 1 aromatic carbocycles. The Labute approximate surface area is 135 Å². The lowest BCUT2D eigenvalue weighted by Crippen LogP contribution is -2.14. The van der Waals surface area contributed by atoms with E-state index in [-0.39, 0.29) is 11.7 Å². The second-order valence-corrected chi connectivity index (χ2v) is 5.97. The van der Waals surface area contributed by atoms with Crippen LogP contribution in [0.4, 0.5) is 5.69 Å². The molecule has 3 nitrogen and oxygen atoms in total. The maximum absolute atomic E-state index is 11.8. The van der Waals surface area contributed by atoms with Crippen LogP contribution in [0.25, 0.3) is 0 Å². The van der Waals surface area contributed by atoms with Gasteiger partial charge in [0.1, 0.15) is 0 Å². The van der Waals surface area contributed by atoms with Crippen LogP contribution >= 0.6 is 46.6 Å². The molecule has 1 N–H and O–H groups in total. The number of halogens is 3. The van der Waals surface area contributed by atoms with Gasteiger partial charge in [-0.05, 0) is 24.3 Å². The van der Waals surface area contributed by atoms with E-state index in [0.29, 0.717) is 20.8 Å². The van der Waals surface area contributed by atoms with Crippen molar-refractivity contribution in [3.05, 3.63) is 51.6 Å². The summed E-state index contributed by atoms with van der Waals surface area (Å²) in [7, 11) is 0. The molecule has 0 bridgehead atoms. The number of carbonyl (C=O) groups is 1. The first-order chi connectivity index (χ1) is 9.56. The summed E-state index contributed by atoms with van der Waals surface area (Å²) in [6.07, 6.45) is 1.68. The fraction of sp³-hybridized carbons (Fsp3) is 0.0769. The van der Waals surface area contributed by atoms with Crippen molar-refractivity contribution in [3.63, 3.8) is 0 Å². The summed E-state index contributed by atoms with van der Waals surface area (Å²) in [5, 5.41) is 4.49. The molecule has 2 aromatic rings. The van der Waals surface area contributed by atoms with E-state index >= 15 is 0 Å². The van der Waals surface area contributed by atoms with Crippen LogP contribution < -0.4 is 5.32 Å². The number of thioether (sulfide) groups is 1. The molecule has 0 aliphatic heterocycles. The summed E-state index contributed by atoms with van der Waals surface area (Å²) in [5.41, 5.74) is 0.438. The van der Waals surface area contributed by atoms with E-state index in [0.717, 1.165) is 5.03 Å². The molecule has 20 heavy (non-hydrogen) atoms. The maximum Gasteiger partial charge on any atom is 0.234 e. The number of nitrogens with zero attached hydrogens (tertiary/aromatic N) is 1. The maximum atomic E-state index is 11.8. The molecule has 0 radical (unpaired) electrons. The van der Waals surface area contributed by atoms with Crippen molar-refractivity contribution in [1.82, 2.24) is 4.98 Å². The molecule has 0 aliphatic carbocycles. The average Bonchev–Trinajstić information content (AvgIpc) is 2.44. The number of benzene rings is 1. The average molecular weight is 348 g/mol. The third-order valence-electron chi connectivity index (χ3n) is 2.27. The summed E-state index contributed by atoms with van der Waals surface area (Å²) in [5.74, 6) is 0.0362. The second kappa shape index (κ2) is 7.18. The Morgan fingerprint density at radius 3 is 2.60 bits per heavy atom. The van der Waals surface area contributed by atoms with Gasteiger partial charge in [0.25, 0.3) is 0 Å². The van der Waals surface area contributed by atoms with Gasteiger partial charge in [-0.2, -0.15) is 0 Å². The van der Waals surface area contributed by atoms with Crippen molar-refractivity contribution in [2.24, 2.45) is 0 Å². The molecule has 0 atom stereocenters. The molecule has 0 spiro atoms. The van der Waals surface area contributed by atoms with Crippen LogP contribution in [0.2, 0.25) is 15.1 Å². The molecule has 1 heterocycles. The highest BCUT2D eigenvalue weighted by Crippen LogP contribution is 2.32. The van der Waals surface area contributed by atoms with Gasteiger partial charge >= 0.3 is 0 Å². The highest BCUT2D eigenvalue weighted by molar-refractivity contribution is 7.99. The number of hydrogen-bond donors (Lipinski definition) is 1. The zero-order valence-electron chi connectivity index (χ0n) is 10.1. The highest BCUT2D eigenvalue weighted by Gasteiger charge is 2.10. The third kappa shape index (κ3) is 4.28. The number of pyridine rings is 1. The molecule has 7 heteroatoms. The number of carbonyl (C=O) groups excluding carboxylic acids is 1. The van der Waals surface area contributed by atoms with Gasteiger partial charge in [-0.3, -0.25) is 4.79 Å². The fourth-order valence-electron chi connectivity index (χ4n) is 1.38. The normalized spacial score (nSPS) is 10.3. The van der Waals surface area contributed by atoms with Crippen LogP contribution in [0.5, 0.6) is 0 Å². The van der Waals surface area contributed by atoms with E-state index in [9.17, 15) is 4.79 Å². The van der Waals surface area contributed by atoms with Gasteiger partial charge in [0.05, 0.1) is 31.5 Å². The highest BCUT2D eigenvalue weighted by atomic mass is 35.5. The van der Waals surface area contributed by atoms with Crippen LogP contribution in [0, 0.1) is 0 Å². The number of aromatic nitrogens is 1. The Kier molecular flexibility index (Phi) is 5.54. The molecule has 1 aromatic heterocycles. The zero-order chi connectivity index (χ0) is 14.5. The molecule has 0 saturated heterocycles. The van der Waals surface area contributed by atoms with E-state index in [4.69, 9.17) is 34.8 Å². The minimum Gasteiger partial charge on any atom is -0.324 e. The Balaban J connectivity index is 1.97. The van der Waals surface area contributed by atoms with Crippen molar-refractivity contribution in [1.29, 1.82) is 0 Å². The third-order valence-corrected chi connectivity index (χ3v) is 4.25. The topological polar surface area (TPSA) is 42.0 Å². The van der Waals surface area contributed by atoms with E-state index in [1.807, 2.05) is 18.2 Å². The standard InChI is InChI=1S/C13H9Cl3N2OS/c14-8-5-10(16)11(6-9(8)15)18-12(19)7-20-13-3-1-2-4-17-13/h1-6H,7H2,(H,18,19). The summed E-state index contributed by atoms with van der Waals surface area (Å²) >= 11 is 19.0. The zero-order valence-corrected chi connectivity index (χ0v) is 13.2. The Morgan fingerprint density at radius 1 is 1.15 bits per heavy atom. The van der Waals surface area contributed by atoms with E-state index in [1.54, 1.807) is 6.20 Å². The molecule has 1 amide bonds. The lowest BCUT2D eigenvalue weighted by atomic mass is 10.3. The molecule has 0 unspecified atom stereocenters. The first-order valence-corrected chi connectivity index (χ1v) is 7.66. The molecule has 0 aliphatic rings. The van der Waals surface area contributed by atoms with Gasteiger partial charge in [-0.15, -0.1) is 0 Å². The van der Waals surface area contributed by atoms with E-state index in [1.165, 1.54) is 23.9 Å². The Hall–Kier alpha value is -0.940. The van der Waals surface area contributed by atoms with Crippen molar-refractivity contribution in [2.75, 3.05) is 11.1 Å². The minimum absolute atomic E-state index is 0.194. The smallest absolute Gasteiger partial charge is 0.234 e. The van der Waals surface area contributed by atoms with Gasteiger partial charge in [0, 0.05) is 6.20 Å². The van der Waals surface area contributed by atoms with Crippen molar-refractivity contribution >= 4 is 58.2 Å². The summed E-state index contributed by atoms with van der Waals surface area (Å²) in [6, 6.07) is 8.54. The van der Waals surface area contributed by atoms with E-state index in [2.05, 4.69) is 10.3 Å². The largest absolute Gasteiger partial charge is 0.324 e. The van der Waals surface area contributed by atoms with Crippen LogP contribution in [-0.2, 0) is 4.79 Å². The van der Waals surface area contributed by atoms with Gasteiger partial charge in [0.15, 0.2) is 0 Å². The lowest BCUT2D eigenvalue weighted by molar-refractivity contribution is -0.113. The van der Waals surface area contributed by atoms with Gasteiger partial charge < -0.3 is 5.32 Å². The molecule has 0 fully saturated rings. The monoisotopic (exact) mass is 346 g/mol. The van der Waals surface area contributed by atoms with Crippen LogP contribution in [0.1, 0.15) is 0 Å². The predicted octanol–water partition coefficient (Wildman–Crippen LogP) is 4.77. The van der Waals surface area contributed by atoms with Crippen molar-refractivity contribution in [2.45, 2.75) is 5.03 Å². The van der Waals surface area contributed by atoms with Gasteiger partial charge in [-0.25, -0.2) is 4.98 Å². The summed E-state index contributed by atoms with van der Waals surface area (Å²) in [6.45, 7) is 0. The van der Waals surface area contributed by atoms with E-state index < -0.39 is 0 Å². The number of amides is 1. The first-order valence-electron chi connectivity index (χ1n) is 5.54. The van der Waals surface area contributed by atoms with Crippen LogP contribution in [0.3, 0.4) is 0 Å².